The molecule has 1 aliphatic heterocycles. The molecule has 4 atom stereocenters. The van der Waals surface area contributed by atoms with Crippen LogP contribution in [0, 0.1) is 0 Å². The highest BCUT2D eigenvalue weighted by Gasteiger charge is 2.36. The van der Waals surface area contributed by atoms with Gasteiger partial charge in [0.1, 0.15) is 0 Å². The second-order valence-electron chi connectivity index (χ2n) is 4.38. The third-order valence-electron chi connectivity index (χ3n) is 2.66. The average Bonchev–Trinajstić information content (AvgIpc) is 2.13. The van der Waals surface area contributed by atoms with E-state index in [9.17, 15) is 5.11 Å². The maximum absolute atomic E-state index is 9.58. The van der Waals surface area contributed by atoms with Crippen molar-refractivity contribution in [1.82, 2.24) is 0 Å². The Balaban J connectivity index is 2.51. The van der Waals surface area contributed by atoms with Crippen molar-refractivity contribution in [1.29, 1.82) is 0 Å². The summed E-state index contributed by atoms with van der Waals surface area (Å²) in [5.41, 5.74) is 5.77. The van der Waals surface area contributed by atoms with Crippen LogP contribution in [0.4, 0.5) is 0 Å². The van der Waals surface area contributed by atoms with E-state index in [1.807, 2.05) is 0 Å². The van der Waals surface area contributed by atoms with E-state index < -0.39 is 18.2 Å². The fourth-order valence-corrected chi connectivity index (χ4v) is 1.53. The molecule has 5 nitrogen and oxygen atoms in total. The van der Waals surface area contributed by atoms with Gasteiger partial charge in [-0.15, -0.1) is 0 Å². The van der Waals surface area contributed by atoms with E-state index in [0.29, 0.717) is 6.42 Å². The molecule has 0 aliphatic carbocycles. The van der Waals surface area contributed by atoms with Crippen molar-refractivity contribution in [3.05, 3.63) is 0 Å². The van der Waals surface area contributed by atoms with Crippen LogP contribution in [-0.4, -0.2) is 42.5 Å². The summed E-state index contributed by atoms with van der Waals surface area (Å²) in [4.78, 5) is 0. The van der Waals surface area contributed by atoms with Crippen molar-refractivity contribution < 1.29 is 19.3 Å². The van der Waals surface area contributed by atoms with Crippen molar-refractivity contribution in [2.24, 2.45) is 5.73 Å². The van der Waals surface area contributed by atoms with E-state index in [2.05, 4.69) is 0 Å². The molecule has 1 unspecified atom stereocenters. The minimum absolute atomic E-state index is 0.314. The monoisotopic (exact) mass is 219 g/mol. The Morgan fingerprint density at radius 2 is 2.07 bits per heavy atom. The standard InChI is InChI=1S/C10H21NO4/c1-6-9(12)7(11)5-8(14-6)15-10(2,3)13-4/h6-9,12H,5,11H2,1-4H3/t6-,7-,8?,9+/m0/s1. The highest BCUT2D eigenvalue weighted by molar-refractivity contribution is 4.83. The van der Waals surface area contributed by atoms with E-state index in [1.54, 1.807) is 27.9 Å². The van der Waals surface area contributed by atoms with Crippen molar-refractivity contribution in [2.45, 2.75) is 57.5 Å². The Morgan fingerprint density at radius 3 is 2.53 bits per heavy atom. The SMILES string of the molecule is COC(C)(C)OC1C[C@H](N)[C@H](O)[C@H](C)O1. The van der Waals surface area contributed by atoms with Gasteiger partial charge in [0.25, 0.3) is 0 Å². The molecule has 1 rings (SSSR count). The number of hydrogen-bond acceptors (Lipinski definition) is 5. The average molecular weight is 219 g/mol. The van der Waals surface area contributed by atoms with Gasteiger partial charge in [0.05, 0.1) is 12.2 Å². The molecule has 1 aliphatic rings. The molecule has 1 heterocycles. The van der Waals surface area contributed by atoms with Crippen LogP contribution in [-0.2, 0) is 14.2 Å². The molecule has 1 saturated heterocycles. The van der Waals surface area contributed by atoms with Gasteiger partial charge in [0.2, 0.25) is 0 Å². The van der Waals surface area contributed by atoms with Gasteiger partial charge in [0, 0.05) is 19.6 Å². The largest absolute Gasteiger partial charge is 0.389 e. The number of ether oxygens (including phenoxy) is 3. The normalized spacial score (nSPS) is 38.0. The number of hydrogen-bond donors (Lipinski definition) is 2. The lowest BCUT2D eigenvalue weighted by Crippen LogP contribution is -2.53. The van der Waals surface area contributed by atoms with Crippen LogP contribution in [0.3, 0.4) is 0 Å². The first-order valence-corrected chi connectivity index (χ1v) is 5.18. The van der Waals surface area contributed by atoms with Crippen molar-refractivity contribution >= 4 is 0 Å². The zero-order valence-electron chi connectivity index (χ0n) is 9.77. The molecule has 5 heteroatoms. The van der Waals surface area contributed by atoms with Gasteiger partial charge in [-0.25, -0.2) is 0 Å². The van der Waals surface area contributed by atoms with E-state index in [0.717, 1.165) is 0 Å². The van der Waals surface area contributed by atoms with Crippen molar-refractivity contribution in [3.8, 4) is 0 Å². The first-order chi connectivity index (χ1) is 6.85. The molecule has 15 heavy (non-hydrogen) atoms. The quantitative estimate of drug-likeness (QED) is 0.664. The van der Waals surface area contributed by atoms with E-state index in [-0.39, 0.29) is 12.1 Å². The Kier molecular flexibility index (Phi) is 4.08. The molecule has 3 N–H and O–H groups in total. The van der Waals surface area contributed by atoms with E-state index >= 15 is 0 Å². The van der Waals surface area contributed by atoms with Crippen molar-refractivity contribution in [2.75, 3.05) is 7.11 Å². The first-order valence-electron chi connectivity index (χ1n) is 5.18. The molecule has 0 aromatic carbocycles. The van der Waals surface area contributed by atoms with Gasteiger partial charge in [-0.05, 0) is 20.8 Å². The Morgan fingerprint density at radius 1 is 1.47 bits per heavy atom. The van der Waals surface area contributed by atoms with Crippen LogP contribution >= 0.6 is 0 Å². The van der Waals surface area contributed by atoms with Crippen LogP contribution in [0.25, 0.3) is 0 Å². The smallest absolute Gasteiger partial charge is 0.165 e. The molecule has 90 valence electrons. The molecule has 0 bridgehead atoms. The lowest BCUT2D eigenvalue weighted by molar-refractivity contribution is -0.314. The fourth-order valence-electron chi connectivity index (χ4n) is 1.53. The zero-order chi connectivity index (χ0) is 11.6. The lowest BCUT2D eigenvalue weighted by Gasteiger charge is -2.39. The predicted molar refractivity (Wildman–Crippen MR) is 55.1 cm³/mol. The van der Waals surface area contributed by atoms with Gasteiger partial charge in [-0.1, -0.05) is 0 Å². The molecular weight excluding hydrogens is 198 g/mol. The van der Waals surface area contributed by atoms with Gasteiger partial charge in [-0.2, -0.15) is 0 Å². The third-order valence-corrected chi connectivity index (χ3v) is 2.66. The van der Waals surface area contributed by atoms with Crippen LogP contribution < -0.4 is 5.73 Å². The summed E-state index contributed by atoms with van der Waals surface area (Å²) in [7, 11) is 1.57. The first kappa shape index (κ1) is 12.9. The minimum atomic E-state index is -0.702. The number of nitrogens with two attached hydrogens (primary N) is 1. The second-order valence-corrected chi connectivity index (χ2v) is 4.38. The maximum atomic E-state index is 9.58. The number of aliphatic hydroxyl groups excluding tert-OH is 1. The summed E-state index contributed by atoms with van der Waals surface area (Å²) in [6.45, 7) is 5.38. The molecule has 0 aromatic heterocycles. The van der Waals surface area contributed by atoms with Gasteiger partial charge in [0.15, 0.2) is 12.1 Å². The van der Waals surface area contributed by atoms with Crippen LogP contribution in [0.15, 0.2) is 0 Å². The summed E-state index contributed by atoms with van der Waals surface area (Å²) < 4.78 is 16.2. The summed E-state index contributed by atoms with van der Waals surface area (Å²) >= 11 is 0. The van der Waals surface area contributed by atoms with Gasteiger partial charge >= 0.3 is 0 Å². The molecule has 0 aromatic rings. The Bertz CT molecular complexity index is 198. The third kappa shape index (κ3) is 3.39. The zero-order valence-corrected chi connectivity index (χ0v) is 9.77. The molecule has 0 radical (unpaired) electrons. The van der Waals surface area contributed by atoms with Gasteiger partial charge < -0.3 is 25.1 Å². The number of rotatable bonds is 3. The van der Waals surface area contributed by atoms with Crippen LogP contribution in [0.1, 0.15) is 27.2 Å². The van der Waals surface area contributed by atoms with Crippen LogP contribution in [0.2, 0.25) is 0 Å². The van der Waals surface area contributed by atoms with E-state index in [4.69, 9.17) is 19.9 Å². The minimum Gasteiger partial charge on any atom is -0.389 e. The fraction of sp³-hybridized carbons (Fsp3) is 1.00. The summed E-state index contributed by atoms with van der Waals surface area (Å²) in [6.07, 6.45) is -0.895. The summed E-state index contributed by atoms with van der Waals surface area (Å²) in [5, 5.41) is 9.58. The summed E-state index contributed by atoms with van der Waals surface area (Å²) in [6, 6.07) is -0.314. The maximum Gasteiger partial charge on any atom is 0.165 e. The molecule has 0 amide bonds. The Hall–Kier alpha value is -0.200. The molecule has 0 spiro atoms. The molecule has 0 saturated carbocycles. The lowest BCUT2D eigenvalue weighted by atomic mass is 10.0. The number of methoxy groups -OCH3 is 1. The molecular formula is C10H21NO4. The highest BCUT2D eigenvalue weighted by atomic mass is 16.8. The Labute approximate surface area is 90.5 Å². The van der Waals surface area contributed by atoms with Crippen LogP contribution in [0.5, 0.6) is 0 Å². The predicted octanol–water partition coefficient (Wildman–Crippen LogP) is 0.209. The van der Waals surface area contributed by atoms with E-state index in [1.165, 1.54) is 0 Å². The molecule has 1 fully saturated rings. The number of aliphatic hydroxyl groups is 1. The summed E-state index contributed by atoms with van der Waals surface area (Å²) in [5.74, 6) is -0.702. The highest BCUT2D eigenvalue weighted by Crippen LogP contribution is 2.24. The topological polar surface area (TPSA) is 73.9 Å². The van der Waals surface area contributed by atoms with Gasteiger partial charge in [-0.3, -0.25) is 0 Å². The second kappa shape index (κ2) is 4.76. The van der Waals surface area contributed by atoms with Crippen molar-refractivity contribution in [3.63, 3.8) is 0 Å².